The lowest BCUT2D eigenvalue weighted by molar-refractivity contribution is -0.128. The van der Waals surface area contributed by atoms with Crippen molar-refractivity contribution in [3.63, 3.8) is 0 Å². The topological polar surface area (TPSA) is 34.1 Å². The number of aryl methyl sites for hydroxylation is 1. The van der Waals surface area contributed by atoms with Crippen LogP contribution in [0.25, 0.3) is 0 Å². The van der Waals surface area contributed by atoms with Gasteiger partial charge in [0.25, 0.3) is 0 Å². The first kappa shape index (κ1) is 15.3. The van der Waals surface area contributed by atoms with E-state index in [0.717, 1.165) is 12.0 Å². The first-order valence-electron chi connectivity index (χ1n) is 6.10. The van der Waals surface area contributed by atoms with Crippen LogP contribution in [0.5, 0.6) is 0 Å². The summed E-state index contributed by atoms with van der Waals surface area (Å²) in [6.45, 7) is 7.34. The first-order chi connectivity index (χ1) is 8.28. The van der Waals surface area contributed by atoms with Crippen LogP contribution in [0.4, 0.5) is 0 Å². The Balaban J connectivity index is 3.08. The fourth-order valence-corrected chi connectivity index (χ4v) is 2.73. The van der Waals surface area contributed by atoms with Gasteiger partial charge in [-0.05, 0) is 67.0 Å². The van der Waals surface area contributed by atoms with Crippen LogP contribution in [0, 0.1) is 3.57 Å². The van der Waals surface area contributed by atoms with Gasteiger partial charge in [-0.15, -0.1) is 0 Å². The summed E-state index contributed by atoms with van der Waals surface area (Å²) in [6, 6.07) is 6.12. The Morgan fingerprint density at radius 3 is 2.33 bits per heavy atom. The third kappa shape index (κ3) is 3.40. The molecule has 0 bridgehead atoms. The Morgan fingerprint density at radius 2 is 1.89 bits per heavy atom. The van der Waals surface area contributed by atoms with Gasteiger partial charge in [-0.25, -0.2) is 0 Å². The molecule has 0 spiro atoms. The summed E-state index contributed by atoms with van der Waals surface area (Å²) in [5, 5.41) is 0. The molecule has 0 aliphatic rings. The van der Waals surface area contributed by atoms with Crippen molar-refractivity contribution >= 4 is 34.2 Å². The van der Waals surface area contributed by atoms with Crippen LogP contribution in [0.2, 0.25) is 0 Å². The van der Waals surface area contributed by atoms with Crippen molar-refractivity contribution in [3.05, 3.63) is 32.9 Å². The van der Waals surface area contributed by atoms with Crippen LogP contribution < -0.4 is 0 Å². The largest absolute Gasteiger partial charge is 0.300 e. The summed E-state index contributed by atoms with van der Waals surface area (Å²) in [7, 11) is 0. The lowest BCUT2D eigenvalue weighted by atomic mass is 9.78. The van der Waals surface area contributed by atoms with Gasteiger partial charge in [0, 0.05) is 8.99 Å². The number of hydrogen-bond donors (Lipinski definition) is 0. The highest BCUT2D eigenvalue weighted by atomic mass is 127. The molecule has 0 unspecified atom stereocenters. The zero-order chi connectivity index (χ0) is 13.9. The molecule has 0 aliphatic heterocycles. The van der Waals surface area contributed by atoms with Crippen LogP contribution in [-0.4, -0.2) is 11.6 Å². The number of hydrogen-bond acceptors (Lipinski definition) is 2. The van der Waals surface area contributed by atoms with Gasteiger partial charge in [-0.1, -0.05) is 19.1 Å². The van der Waals surface area contributed by atoms with Crippen LogP contribution >= 0.6 is 22.6 Å². The lowest BCUT2D eigenvalue weighted by Gasteiger charge is -2.24. The highest BCUT2D eigenvalue weighted by molar-refractivity contribution is 14.1. The lowest BCUT2D eigenvalue weighted by Crippen LogP contribution is -2.30. The van der Waals surface area contributed by atoms with Gasteiger partial charge < -0.3 is 0 Å². The molecule has 98 valence electrons. The maximum atomic E-state index is 12.1. The Kier molecular flexibility index (Phi) is 5.08. The predicted molar refractivity (Wildman–Crippen MR) is 81.9 cm³/mol. The van der Waals surface area contributed by atoms with Crippen molar-refractivity contribution in [1.29, 1.82) is 0 Å². The molecule has 1 aromatic rings. The molecule has 0 aliphatic carbocycles. The summed E-state index contributed by atoms with van der Waals surface area (Å²) in [6.07, 6.45) is 0.999. The molecule has 0 fully saturated rings. The second kappa shape index (κ2) is 5.95. The average molecular weight is 358 g/mol. The molecule has 0 heterocycles. The number of carbonyl (C=O) groups is 2. The average Bonchev–Trinajstić information content (AvgIpc) is 2.27. The molecule has 1 rings (SSSR count). The Morgan fingerprint density at radius 1 is 1.28 bits per heavy atom. The van der Waals surface area contributed by atoms with E-state index in [1.807, 2.05) is 19.9 Å². The van der Waals surface area contributed by atoms with Gasteiger partial charge in [0.05, 0.1) is 6.42 Å². The summed E-state index contributed by atoms with van der Waals surface area (Å²) in [4.78, 5) is 23.2. The summed E-state index contributed by atoms with van der Waals surface area (Å²) >= 11 is 2.30. The third-order valence-electron chi connectivity index (χ3n) is 3.26. The smallest absolute Gasteiger partial charge is 0.150 e. The SMILES string of the molecule is CCc1ccc(C(C)(C)C(=O)CC(C)=O)cc1I. The molecule has 0 amide bonds. The van der Waals surface area contributed by atoms with E-state index in [4.69, 9.17) is 0 Å². The van der Waals surface area contributed by atoms with Crippen LogP contribution in [0.3, 0.4) is 0 Å². The summed E-state index contributed by atoms with van der Waals surface area (Å²) in [5.41, 5.74) is 1.67. The van der Waals surface area contributed by atoms with Gasteiger partial charge in [0.2, 0.25) is 0 Å². The maximum Gasteiger partial charge on any atom is 0.150 e. The van der Waals surface area contributed by atoms with Crippen molar-refractivity contribution in [2.24, 2.45) is 0 Å². The van der Waals surface area contributed by atoms with E-state index in [9.17, 15) is 9.59 Å². The Bertz CT molecular complexity index is 475. The quantitative estimate of drug-likeness (QED) is 0.595. The number of rotatable bonds is 5. The first-order valence-corrected chi connectivity index (χ1v) is 7.18. The predicted octanol–water partition coefficient (Wildman–Crippen LogP) is 3.68. The molecule has 0 atom stereocenters. The van der Waals surface area contributed by atoms with E-state index in [2.05, 4.69) is 41.6 Å². The van der Waals surface area contributed by atoms with Crippen LogP contribution in [-0.2, 0) is 21.4 Å². The fraction of sp³-hybridized carbons (Fsp3) is 0.467. The molecule has 1 aromatic carbocycles. The molecule has 0 saturated carbocycles. The van der Waals surface area contributed by atoms with Crippen molar-refractivity contribution in [1.82, 2.24) is 0 Å². The number of ketones is 2. The number of benzene rings is 1. The Hall–Kier alpha value is -0.710. The molecule has 18 heavy (non-hydrogen) atoms. The molecular weight excluding hydrogens is 339 g/mol. The number of Topliss-reactive ketones (excluding diaryl/α,β-unsaturated/α-hetero) is 2. The zero-order valence-corrected chi connectivity index (χ0v) is 13.5. The fourth-order valence-electron chi connectivity index (χ4n) is 1.83. The van der Waals surface area contributed by atoms with E-state index in [0.29, 0.717) is 0 Å². The maximum absolute atomic E-state index is 12.1. The van der Waals surface area contributed by atoms with E-state index >= 15 is 0 Å². The standard InChI is InChI=1S/C15H19IO2/c1-5-11-6-7-12(9-13(11)16)15(3,4)14(18)8-10(2)17/h6-7,9H,5,8H2,1-4H3. The van der Waals surface area contributed by atoms with E-state index in [-0.39, 0.29) is 18.0 Å². The Labute approximate surface area is 122 Å². The third-order valence-corrected chi connectivity index (χ3v) is 4.27. The van der Waals surface area contributed by atoms with Crippen molar-refractivity contribution in [2.75, 3.05) is 0 Å². The summed E-state index contributed by atoms with van der Waals surface area (Å²) < 4.78 is 1.18. The monoisotopic (exact) mass is 358 g/mol. The van der Waals surface area contributed by atoms with Gasteiger partial charge in [-0.3, -0.25) is 9.59 Å². The van der Waals surface area contributed by atoms with Gasteiger partial charge in [0.1, 0.15) is 11.6 Å². The zero-order valence-electron chi connectivity index (χ0n) is 11.3. The van der Waals surface area contributed by atoms with E-state index < -0.39 is 5.41 Å². The molecule has 3 heteroatoms. The molecule has 0 N–H and O–H groups in total. The van der Waals surface area contributed by atoms with Crippen molar-refractivity contribution in [3.8, 4) is 0 Å². The highest BCUT2D eigenvalue weighted by Crippen LogP contribution is 2.28. The van der Waals surface area contributed by atoms with Crippen molar-refractivity contribution < 1.29 is 9.59 Å². The van der Waals surface area contributed by atoms with Gasteiger partial charge in [0.15, 0.2) is 0 Å². The minimum Gasteiger partial charge on any atom is -0.300 e. The normalized spacial score (nSPS) is 11.4. The van der Waals surface area contributed by atoms with Crippen molar-refractivity contribution in [2.45, 2.75) is 46.0 Å². The van der Waals surface area contributed by atoms with E-state index in [1.165, 1.54) is 16.1 Å². The molecular formula is C15H19IO2. The minimum absolute atomic E-state index is 0.0130. The van der Waals surface area contributed by atoms with E-state index in [1.54, 1.807) is 0 Å². The molecule has 0 radical (unpaired) electrons. The second-order valence-electron chi connectivity index (χ2n) is 5.09. The van der Waals surface area contributed by atoms with Crippen LogP contribution in [0.15, 0.2) is 18.2 Å². The highest BCUT2D eigenvalue weighted by Gasteiger charge is 2.30. The van der Waals surface area contributed by atoms with Gasteiger partial charge in [-0.2, -0.15) is 0 Å². The second-order valence-corrected chi connectivity index (χ2v) is 6.25. The number of carbonyl (C=O) groups excluding carboxylic acids is 2. The summed E-state index contributed by atoms with van der Waals surface area (Å²) in [5.74, 6) is -0.0944. The molecule has 2 nitrogen and oxygen atoms in total. The number of halogens is 1. The minimum atomic E-state index is -0.599. The molecule has 0 aromatic heterocycles. The van der Waals surface area contributed by atoms with Gasteiger partial charge >= 0.3 is 0 Å². The molecule has 0 saturated heterocycles. The van der Waals surface area contributed by atoms with Crippen LogP contribution in [0.1, 0.15) is 45.2 Å².